The lowest BCUT2D eigenvalue weighted by Crippen LogP contribution is -2.54. The molecule has 0 aliphatic heterocycles. The second-order valence-electron chi connectivity index (χ2n) is 10.3. The van der Waals surface area contributed by atoms with Crippen molar-refractivity contribution in [2.24, 2.45) is 0 Å². The number of hydrogen-bond acceptors (Lipinski definition) is 4. The van der Waals surface area contributed by atoms with Crippen LogP contribution in [0.5, 0.6) is 0 Å². The van der Waals surface area contributed by atoms with Gasteiger partial charge >= 0.3 is 0 Å². The van der Waals surface area contributed by atoms with E-state index in [2.05, 4.69) is 5.32 Å². The Morgan fingerprint density at radius 2 is 1.52 bits per heavy atom. The first-order valence-corrected chi connectivity index (χ1v) is 16.5. The Hall–Kier alpha value is -2.78. The number of hydrogen-bond donors (Lipinski definition) is 1. The molecule has 7 nitrogen and oxygen atoms in total. The Morgan fingerprint density at radius 3 is 2.14 bits per heavy atom. The van der Waals surface area contributed by atoms with Crippen molar-refractivity contribution in [1.82, 2.24) is 10.2 Å². The molecular formula is C31H34Cl3N3O4S. The highest BCUT2D eigenvalue weighted by Gasteiger charge is 2.35. The van der Waals surface area contributed by atoms with E-state index in [0.717, 1.165) is 36.4 Å². The van der Waals surface area contributed by atoms with Crippen molar-refractivity contribution in [2.75, 3.05) is 10.8 Å². The van der Waals surface area contributed by atoms with Gasteiger partial charge in [-0.3, -0.25) is 13.9 Å². The third-order valence-corrected chi connectivity index (χ3v) is 9.97. The maximum atomic E-state index is 14.2. The molecule has 0 unspecified atom stereocenters. The van der Waals surface area contributed by atoms with E-state index >= 15 is 0 Å². The fourth-order valence-corrected chi connectivity index (χ4v) is 7.33. The number of benzene rings is 3. The Morgan fingerprint density at radius 1 is 0.905 bits per heavy atom. The minimum absolute atomic E-state index is 0.00589. The van der Waals surface area contributed by atoms with Gasteiger partial charge in [-0.1, -0.05) is 97.4 Å². The lowest BCUT2D eigenvalue weighted by molar-refractivity contribution is -0.140. The van der Waals surface area contributed by atoms with Crippen LogP contribution in [-0.4, -0.2) is 43.8 Å². The number of amides is 2. The highest BCUT2D eigenvalue weighted by atomic mass is 35.5. The molecule has 4 rings (SSSR count). The molecule has 1 fully saturated rings. The maximum absolute atomic E-state index is 14.2. The summed E-state index contributed by atoms with van der Waals surface area (Å²) >= 11 is 19.0. The van der Waals surface area contributed by atoms with Gasteiger partial charge in [0, 0.05) is 27.7 Å². The lowest BCUT2D eigenvalue weighted by atomic mass is 9.95. The second kappa shape index (κ2) is 14.6. The van der Waals surface area contributed by atoms with Gasteiger partial charge in [-0.2, -0.15) is 0 Å². The van der Waals surface area contributed by atoms with Crippen molar-refractivity contribution in [3.63, 3.8) is 0 Å². The zero-order valence-electron chi connectivity index (χ0n) is 23.3. The summed E-state index contributed by atoms with van der Waals surface area (Å²) < 4.78 is 28.8. The Kier molecular flexibility index (Phi) is 11.2. The van der Waals surface area contributed by atoms with Gasteiger partial charge in [0.2, 0.25) is 11.8 Å². The van der Waals surface area contributed by atoms with Crippen molar-refractivity contribution in [2.45, 2.75) is 69.0 Å². The van der Waals surface area contributed by atoms with Crippen molar-refractivity contribution in [3.8, 4) is 0 Å². The number of sulfonamides is 1. The smallest absolute Gasteiger partial charge is 0.264 e. The van der Waals surface area contributed by atoms with Crippen LogP contribution in [0.2, 0.25) is 15.1 Å². The number of nitrogens with one attached hydrogen (secondary N) is 1. The Labute approximate surface area is 262 Å². The van der Waals surface area contributed by atoms with Crippen LogP contribution in [0.1, 0.15) is 51.0 Å². The number of carbonyl (C=O) groups excluding carboxylic acids is 2. The first-order valence-electron chi connectivity index (χ1n) is 14.0. The first-order chi connectivity index (χ1) is 20.1. The van der Waals surface area contributed by atoms with E-state index in [4.69, 9.17) is 34.8 Å². The summed E-state index contributed by atoms with van der Waals surface area (Å²) in [6, 6.07) is 18.4. The van der Waals surface area contributed by atoms with E-state index in [1.807, 2.05) is 6.92 Å². The molecule has 2 amide bonds. The second-order valence-corrected chi connectivity index (χ2v) is 13.5. The highest BCUT2D eigenvalue weighted by Crippen LogP contribution is 2.30. The Bertz CT molecular complexity index is 1480. The molecule has 0 heterocycles. The zero-order valence-corrected chi connectivity index (χ0v) is 26.4. The van der Waals surface area contributed by atoms with E-state index in [0.29, 0.717) is 17.0 Å². The highest BCUT2D eigenvalue weighted by molar-refractivity contribution is 7.92. The van der Waals surface area contributed by atoms with E-state index in [9.17, 15) is 18.0 Å². The minimum atomic E-state index is -4.23. The molecule has 3 aromatic rings. The van der Waals surface area contributed by atoms with Gasteiger partial charge < -0.3 is 10.2 Å². The van der Waals surface area contributed by atoms with Crippen LogP contribution in [0.25, 0.3) is 0 Å². The molecule has 1 aliphatic rings. The molecule has 1 saturated carbocycles. The molecule has 0 bridgehead atoms. The van der Waals surface area contributed by atoms with Crippen molar-refractivity contribution in [1.29, 1.82) is 0 Å². The monoisotopic (exact) mass is 649 g/mol. The third-order valence-electron chi connectivity index (χ3n) is 7.38. The SMILES string of the molecule is CC[C@@H](C(=O)NC1CCCCC1)N(Cc1ccccc1Cl)C(=O)CN(c1cc(Cl)cc(Cl)c1)S(=O)(=O)c1ccccc1. The molecule has 3 aromatic carbocycles. The van der Waals surface area contributed by atoms with Gasteiger partial charge in [0.25, 0.3) is 10.0 Å². The van der Waals surface area contributed by atoms with Crippen LogP contribution in [0.15, 0.2) is 77.7 Å². The van der Waals surface area contributed by atoms with E-state index < -0.39 is 28.5 Å². The predicted molar refractivity (Wildman–Crippen MR) is 169 cm³/mol. The van der Waals surface area contributed by atoms with E-state index in [1.54, 1.807) is 42.5 Å². The average molecular weight is 651 g/mol. The van der Waals surface area contributed by atoms with Gasteiger partial charge in [0.1, 0.15) is 12.6 Å². The van der Waals surface area contributed by atoms with Crippen LogP contribution >= 0.6 is 34.8 Å². The molecule has 1 atom stereocenters. The molecular weight excluding hydrogens is 617 g/mol. The van der Waals surface area contributed by atoms with E-state index in [-0.39, 0.29) is 39.1 Å². The maximum Gasteiger partial charge on any atom is 0.264 e. The summed E-state index contributed by atoms with van der Waals surface area (Å²) in [6.45, 7) is 1.25. The molecule has 0 spiro atoms. The standard InChI is InChI=1S/C31H34Cl3N3O4S/c1-2-29(31(39)35-25-12-5-3-6-13-25)36(20-22-11-9-10-16-28(22)34)30(38)21-37(26-18-23(32)17-24(33)19-26)42(40,41)27-14-7-4-8-15-27/h4,7-11,14-19,25,29H,2-3,5-6,12-13,20-21H2,1H3,(H,35,39)/t29-/m0/s1. The topological polar surface area (TPSA) is 86.8 Å². The summed E-state index contributed by atoms with van der Waals surface area (Å²) in [7, 11) is -4.23. The third kappa shape index (κ3) is 7.98. The van der Waals surface area contributed by atoms with Crippen LogP contribution in [0.3, 0.4) is 0 Å². The number of nitrogens with zero attached hydrogens (tertiary/aromatic N) is 2. The molecule has 0 aromatic heterocycles. The molecule has 224 valence electrons. The summed E-state index contributed by atoms with van der Waals surface area (Å²) in [6.07, 6.45) is 5.32. The normalized spacial score (nSPS) is 14.7. The molecule has 1 aliphatic carbocycles. The van der Waals surface area contributed by atoms with Crippen LogP contribution in [0.4, 0.5) is 5.69 Å². The van der Waals surface area contributed by atoms with Crippen LogP contribution in [-0.2, 0) is 26.2 Å². The predicted octanol–water partition coefficient (Wildman–Crippen LogP) is 7.10. The Balaban J connectivity index is 1.73. The van der Waals surface area contributed by atoms with Gasteiger partial charge in [0.15, 0.2) is 0 Å². The summed E-state index contributed by atoms with van der Waals surface area (Å²) in [5.74, 6) is -0.843. The van der Waals surface area contributed by atoms with Crippen molar-refractivity contribution in [3.05, 3.63) is 93.4 Å². The van der Waals surface area contributed by atoms with Gasteiger partial charge in [-0.15, -0.1) is 0 Å². The largest absolute Gasteiger partial charge is 0.352 e. The van der Waals surface area contributed by atoms with E-state index in [1.165, 1.54) is 35.2 Å². The fraction of sp³-hybridized carbons (Fsp3) is 0.355. The molecule has 1 N–H and O–H groups in total. The van der Waals surface area contributed by atoms with Crippen molar-refractivity contribution >= 4 is 62.3 Å². The molecule has 0 saturated heterocycles. The van der Waals surface area contributed by atoms with Gasteiger partial charge in [-0.25, -0.2) is 8.42 Å². The number of rotatable bonds is 11. The van der Waals surface area contributed by atoms with Crippen molar-refractivity contribution < 1.29 is 18.0 Å². The first kappa shape index (κ1) is 32.1. The van der Waals surface area contributed by atoms with Crippen LogP contribution in [0, 0.1) is 0 Å². The quantitative estimate of drug-likeness (QED) is 0.240. The number of carbonyl (C=O) groups is 2. The van der Waals surface area contributed by atoms with Gasteiger partial charge in [-0.05, 0) is 61.2 Å². The summed E-state index contributed by atoms with van der Waals surface area (Å²) in [4.78, 5) is 29.3. The molecule has 11 heteroatoms. The summed E-state index contributed by atoms with van der Waals surface area (Å²) in [5, 5.41) is 3.99. The lowest BCUT2D eigenvalue weighted by Gasteiger charge is -2.34. The fourth-order valence-electron chi connectivity index (χ4n) is 5.21. The van der Waals surface area contributed by atoms with Gasteiger partial charge in [0.05, 0.1) is 10.6 Å². The molecule has 42 heavy (non-hydrogen) atoms. The minimum Gasteiger partial charge on any atom is -0.352 e. The summed E-state index contributed by atoms with van der Waals surface area (Å²) in [5.41, 5.74) is 0.766. The molecule has 0 radical (unpaired) electrons. The number of anilines is 1. The zero-order chi connectivity index (χ0) is 30.3. The average Bonchev–Trinajstić information content (AvgIpc) is 2.97. The number of halogens is 3. The van der Waals surface area contributed by atoms with Crippen LogP contribution < -0.4 is 9.62 Å².